The molecule has 144 valence electrons. The molecule has 1 aromatic heterocycles. The number of carbonyl (C=O) groups is 1. The van der Waals surface area contributed by atoms with Crippen molar-refractivity contribution in [1.29, 1.82) is 0 Å². The lowest BCUT2D eigenvalue weighted by Crippen LogP contribution is -2.31. The van der Waals surface area contributed by atoms with Gasteiger partial charge in [-0.1, -0.05) is 0 Å². The fourth-order valence-electron chi connectivity index (χ4n) is 3.20. The molecule has 1 aliphatic heterocycles. The predicted molar refractivity (Wildman–Crippen MR) is 103 cm³/mol. The highest BCUT2D eigenvalue weighted by Crippen LogP contribution is 2.34. The number of nitrogens with one attached hydrogen (secondary N) is 1. The van der Waals surface area contributed by atoms with Gasteiger partial charge in [0.25, 0.3) is 5.91 Å². The van der Waals surface area contributed by atoms with Crippen LogP contribution in [0.15, 0.2) is 30.5 Å². The Morgan fingerprint density at radius 1 is 1.15 bits per heavy atom. The van der Waals surface area contributed by atoms with E-state index in [2.05, 4.69) is 15.2 Å². The van der Waals surface area contributed by atoms with Gasteiger partial charge in [0, 0.05) is 38.6 Å². The number of hydrogen-bond acceptors (Lipinski definition) is 6. The van der Waals surface area contributed by atoms with Gasteiger partial charge in [0.15, 0.2) is 11.5 Å². The van der Waals surface area contributed by atoms with Gasteiger partial charge in [-0.3, -0.25) is 9.78 Å². The quantitative estimate of drug-likeness (QED) is 0.751. The molecule has 1 aliphatic rings. The van der Waals surface area contributed by atoms with E-state index < -0.39 is 0 Å². The summed E-state index contributed by atoms with van der Waals surface area (Å²) in [6, 6.07) is 7.83. The summed E-state index contributed by atoms with van der Waals surface area (Å²) < 4.78 is 15.8. The van der Waals surface area contributed by atoms with Crippen molar-refractivity contribution in [2.75, 3.05) is 45.9 Å². The van der Waals surface area contributed by atoms with E-state index in [0.29, 0.717) is 18.8 Å². The summed E-state index contributed by atoms with van der Waals surface area (Å²) in [7, 11) is 4.89. The Bertz CT molecular complexity index is 810. The molecule has 0 bridgehead atoms. The van der Waals surface area contributed by atoms with Crippen LogP contribution in [0.5, 0.6) is 11.5 Å². The van der Waals surface area contributed by atoms with Gasteiger partial charge in [-0.2, -0.15) is 0 Å². The molecule has 0 unspecified atom stereocenters. The molecule has 2 heterocycles. The first kappa shape index (κ1) is 19.0. The number of benzene rings is 1. The third-order valence-electron chi connectivity index (χ3n) is 4.65. The molecular weight excluding hydrogens is 346 g/mol. The molecule has 0 saturated carbocycles. The van der Waals surface area contributed by atoms with Gasteiger partial charge in [0.05, 0.1) is 20.8 Å². The van der Waals surface area contributed by atoms with Crippen molar-refractivity contribution in [3.63, 3.8) is 0 Å². The van der Waals surface area contributed by atoms with E-state index in [1.807, 2.05) is 24.3 Å². The van der Waals surface area contributed by atoms with Crippen LogP contribution in [0.1, 0.15) is 21.6 Å². The molecule has 0 fully saturated rings. The van der Waals surface area contributed by atoms with Crippen molar-refractivity contribution in [3.05, 3.63) is 47.3 Å². The Hall–Kier alpha value is -2.80. The Labute approximate surface area is 159 Å². The molecule has 7 nitrogen and oxygen atoms in total. The molecule has 1 N–H and O–H groups in total. The summed E-state index contributed by atoms with van der Waals surface area (Å²) in [6.45, 7) is 2.53. The van der Waals surface area contributed by atoms with Crippen LogP contribution in [-0.2, 0) is 17.7 Å². The monoisotopic (exact) mass is 371 g/mol. The second kappa shape index (κ2) is 8.73. The van der Waals surface area contributed by atoms with Crippen molar-refractivity contribution in [2.24, 2.45) is 0 Å². The van der Waals surface area contributed by atoms with Crippen molar-refractivity contribution in [1.82, 2.24) is 10.3 Å². The van der Waals surface area contributed by atoms with E-state index in [0.717, 1.165) is 36.7 Å². The number of methoxy groups -OCH3 is 3. The number of anilines is 1. The first-order chi connectivity index (χ1) is 13.2. The molecule has 0 saturated heterocycles. The number of amides is 1. The largest absolute Gasteiger partial charge is 0.493 e. The van der Waals surface area contributed by atoms with E-state index in [1.54, 1.807) is 27.5 Å². The van der Waals surface area contributed by atoms with Crippen molar-refractivity contribution in [2.45, 2.75) is 13.0 Å². The Morgan fingerprint density at radius 3 is 2.59 bits per heavy atom. The van der Waals surface area contributed by atoms with Crippen LogP contribution in [0.3, 0.4) is 0 Å². The average Bonchev–Trinajstić information content (AvgIpc) is 2.72. The number of ether oxygens (including phenoxy) is 3. The van der Waals surface area contributed by atoms with Crippen molar-refractivity contribution < 1.29 is 19.0 Å². The average molecular weight is 371 g/mol. The Morgan fingerprint density at radius 2 is 1.89 bits per heavy atom. The number of fused-ring (bicyclic) bond motifs is 1. The molecular formula is C20H25N3O4. The molecule has 0 spiro atoms. The van der Waals surface area contributed by atoms with Gasteiger partial charge in [-0.25, -0.2) is 0 Å². The zero-order chi connectivity index (χ0) is 19.2. The van der Waals surface area contributed by atoms with E-state index >= 15 is 0 Å². The summed E-state index contributed by atoms with van der Waals surface area (Å²) >= 11 is 0. The summed E-state index contributed by atoms with van der Waals surface area (Å²) in [5.41, 5.74) is 3.83. The highest BCUT2D eigenvalue weighted by Gasteiger charge is 2.20. The van der Waals surface area contributed by atoms with Gasteiger partial charge >= 0.3 is 0 Å². The normalized spacial score (nSPS) is 13.1. The number of aromatic nitrogens is 1. The molecule has 3 rings (SSSR count). The van der Waals surface area contributed by atoms with Crippen LogP contribution in [-0.4, -0.2) is 51.9 Å². The maximum atomic E-state index is 12.2. The third-order valence-corrected chi connectivity index (χ3v) is 4.65. The van der Waals surface area contributed by atoms with Crippen molar-refractivity contribution in [3.8, 4) is 11.5 Å². The zero-order valence-electron chi connectivity index (χ0n) is 15.9. The maximum Gasteiger partial charge on any atom is 0.270 e. The van der Waals surface area contributed by atoms with Crippen LogP contribution in [0.2, 0.25) is 0 Å². The second-order valence-corrected chi connectivity index (χ2v) is 6.30. The lowest BCUT2D eigenvalue weighted by Gasteiger charge is -2.31. The molecule has 27 heavy (non-hydrogen) atoms. The molecule has 0 atom stereocenters. The topological polar surface area (TPSA) is 72.9 Å². The highest BCUT2D eigenvalue weighted by molar-refractivity contribution is 5.93. The maximum absolute atomic E-state index is 12.2. The first-order valence-corrected chi connectivity index (χ1v) is 8.88. The lowest BCUT2D eigenvalue weighted by molar-refractivity contribution is 0.0932. The number of nitrogens with zero attached hydrogens (tertiary/aromatic N) is 2. The number of rotatable bonds is 7. The smallest absolute Gasteiger partial charge is 0.270 e. The SMILES string of the molecule is COCCNC(=O)c1cc(N2CCc3cc(OC)c(OC)cc3C2)ccn1. The summed E-state index contributed by atoms with van der Waals surface area (Å²) in [5, 5.41) is 2.80. The van der Waals surface area contributed by atoms with E-state index in [4.69, 9.17) is 14.2 Å². The minimum Gasteiger partial charge on any atom is -0.493 e. The summed E-state index contributed by atoms with van der Waals surface area (Å²) in [6.07, 6.45) is 2.57. The van der Waals surface area contributed by atoms with Crippen LogP contribution < -0.4 is 19.7 Å². The van der Waals surface area contributed by atoms with Gasteiger partial charge in [-0.15, -0.1) is 0 Å². The molecule has 2 aromatic rings. The Balaban J connectivity index is 1.77. The molecule has 1 aromatic carbocycles. The van der Waals surface area contributed by atoms with Gasteiger partial charge < -0.3 is 24.4 Å². The number of carbonyl (C=O) groups excluding carboxylic acids is 1. The third kappa shape index (κ3) is 4.31. The fourth-order valence-corrected chi connectivity index (χ4v) is 3.20. The summed E-state index contributed by atoms with van der Waals surface area (Å²) in [5.74, 6) is 1.28. The van der Waals surface area contributed by atoms with Crippen LogP contribution in [0, 0.1) is 0 Å². The van der Waals surface area contributed by atoms with Gasteiger partial charge in [0.1, 0.15) is 5.69 Å². The number of hydrogen-bond donors (Lipinski definition) is 1. The van der Waals surface area contributed by atoms with Crippen LogP contribution >= 0.6 is 0 Å². The van der Waals surface area contributed by atoms with Crippen LogP contribution in [0.4, 0.5) is 5.69 Å². The number of pyridine rings is 1. The van der Waals surface area contributed by atoms with Crippen LogP contribution in [0.25, 0.3) is 0 Å². The van der Waals surface area contributed by atoms with E-state index in [1.165, 1.54) is 11.1 Å². The lowest BCUT2D eigenvalue weighted by atomic mass is 9.98. The molecule has 7 heteroatoms. The molecule has 1 amide bonds. The zero-order valence-corrected chi connectivity index (χ0v) is 15.9. The van der Waals surface area contributed by atoms with Crippen molar-refractivity contribution >= 4 is 11.6 Å². The van der Waals surface area contributed by atoms with E-state index in [9.17, 15) is 4.79 Å². The second-order valence-electron chi connectivity index (χ2n) is 6.30. The molecule has 0 aliphatic carbocycles. The first-order valence-electron chi connectivity index (χ1n) is 8.88. The van der Waals surface area contributed by atoms with E-state index in [-0.39, 0.29) is 5.91 Å². The fraction of sp³-hybridized carbons (Fsp3) is 0.400. The van der Waals surface area contributed by atoms with Gasteiger partial charge in [0.2, 0.25) is 0 Å². The minimum absolute atomic E-state index is 0.197. The summed E-state index contributed by atoms with van der Waals surface area (Å²) in [4.78, 5) is 18.7. The minimum atomic E-state index is -0.197. The molecule has 0 radical (unpaired) electrons. The highest BCUT2D eigenvalue weighted by atomic mass is 16.5. The standard InChI is InChI=1S/C20H25N3O4/c1-25-9-7-22-20(24)17-12-16(4-6-21-17)23-8-5-14-10-18(26-2)19(27-3)11-15(14)13-23/h4,6,10-12H,5,7-9,13H2,1-3H3,(H,22,24). The Kier molecular flexibility index (Phi) is 6.13. The predicted octanol–water partition coefficient (Wildman–Crippen LogP) is 2.04. The van der Waals surface area contributed by atoms with Gasteiger partial charge in [-0.05, 0) is 41.8 Å².